The summed E-state index contributed by atoms with van der Waals surface area (Å²) in [5.74, 6) is 1.20. The molecule has 3 nitrogen and oxygen atoms in total. The molecule has 1 heterocycles. The van der Waals surface area contributed by atoms with Gasteiger partial charge >= 0.3 is 0 Å². The van der Waals surface area contributed by atoms with Crippen molar-refractivity contribution in [2.24, 2.45) is 11.8 Å². The number of hydrogen-bond acceptors (Lipinski definition) is 2. The van der Waals surface area contributed by atoms with E-state index in [2.05, 4.69) is 29.8 Å². The molecule has 1 fully saturated rings. The molecular formula is C13H16BrNO2. The molecule has 0 spiro atoms. The predicted octanol–water partition coefficient (Wildman–Crippen LogP) is 2.88. The van der Waals surface area contributed by atoms with E-state index in [0.717, 1.165) is 13.1 Å². The first-order valence-electron chi connectivity index (χ1n) is 5.77. The van der Waals surface area contributed by atoms with E-state index in [9.17, 15) is 9.90 Å². The van der Waals surface area contributed by atoms with Gasteiger partial charge in [-0.3, -0.25) is 4.79 Å². The van der Waals surface area contributed by atoms with Crippen LogP contribution < -0.4 is 0 Å². The smallest absolute Gasteiger partial charge is 0.254 e. The fraction of sp³-hybridized carbons (Fsp3) is 0.462. The standard InChI is InChI=1S/C13H16BrNO2/c1-8-6-15(7-9(8)2)13(17)10-3-4-11(14)12(16)5-10/h3-5,8-9,16H,6-7H2,1-2H3. The van der Waals surface area contributed by atoms with Gasteiger partial charge in [-0.15, -0.1) is 0 Å². The number of amides is 1. The van der Waals surface area contributed by atoms with Crippen LogP contribution in [0.4, 0.5) is 0 Å². The maximum Gasteiger partial charge on any atom is 0.254 e. The van der Waals surface area contributed by atoms with Crippen LogP contribution >= 0.6 is 15.9 Å². The van der Waals surface area contributed by atoms with Crippen molar-refractivity contribution in [2.45, 2.75) is 13.8 Å². The van der Waals surface area contributed by atoms with Crippen LogP contribution in [0.25, 0.3) is 0 Å². The Hall–Kier alpha value is -1.03. The fourth-order valence-corrected chi connectivity index (χ4v) is 2.37. The van der Waals surface area contributed by atoms with Crippen LogP contribution in [0.1, 0.15) is 24.2 Å². The largest absolute Gasteiger partial charge is 0.507 e. The Balaban J connectivity index is 2.17. The summed E-state index contributed by atoms with van der Waals surface area (Å²) < 4.78 is 0.609. The topological polar surface area (TPSA) is 40.5 Å². The zero-order valence-corrected chi connectivity index (χ0v) is 11.6. The maximum absolute atomic E-state index is 12.2. The summed E-state index contributed by atoms with van der Waals surface area (Å²) in [6, 6.07) is 4.95. The van der Waals surface area contributed by atoms with E-state index in [1.54, 1.807) is 12.1 Å². The van der Waals surface area contributed by atoms with Crippen molar-refractivity contribution in [3.05, 3.63) is 28.2 Å². The zero-order chi connectivity index (χ0) is 12.6. The molecule has 2 unspecified atom stereocenters. The minimum absolute atomic E-state index is 0.00370. The average molecular weight is 298 g/mol. The Bertz CT molecular complexity index is 437. The summed E-state index contributed by atoms with van der Waals surface area (Å²) in [6.45, 7) is 5.93. The number of rotatable bonds is 1. The Kier molecular flexibility index (Phi) is 3.43. The second-order valence-corrected chi connectivity index (χ2v) is 5.69. The van der Waals surface area contributed by atoms with Crippen molar-refractivity contribution in [3.8, 4) is 5.75 Å². The van der Waals surface area contributed by atoms with Crippen molar-refractivity contribution in [3.63, 3.8) is 0 Å². The Labute approximate surface area is 110 Å². The molecule has 2 rings (SSSR count). The molecule has 1 N–H and O–H groups in total. The Morgan fingerprint density at radius 3 is 2.47 bits per heavy atom. The van der Waals surface area contributed by atoms with Gasteiger partial charge in [0.25, 0.3) is 5.91 Å². The van der Waals surface area contributed by atoms with Crippen molar-refractivity contribution >= 4 is 21.8 Å². The first kappa shape index (κ1) is 12.4. The second-order valence-electron chi connectivity index (χ2n) is 4.83. The van der Waals surface area contributed by atoms with Gasteiger partial charge in [-0.05, 0) is 46.0 Å². The first-order valence-corrected chi connectivity index (χ1v) is 6.56. The minimum atomic E-state index is 0.00370. The van der Waals surface area contributed by atoms with Crippen molar-refractivity contribution in [1.82, 2.24) is 4.90 Å². The van der Waals surface area contributed by atoms with Gasteiger partial charge in [0.1, 0.15) is 5.75 Å². The lowest BCUT2D eigenvalue weighted by Crippen LogP contribution is -2.28. The number of benzene rings is 1. The number of carbonyl (C=O) groups excluding carboxylic acids is 1. The first-order chi connectivity index (χ1) is 7.99. The highest BCUT2D eigenvalue weighted by Gasteiger charge is 2.29. The van der Waals surface area contributed by atoms with Crippen molar-refractivity contribution in [2.75, 3.05) is 13.1 Å². The summed E-state index contributed by atoms with van der Waals surface area (Å²) in [5, 5.41) is 9.58. The lowest BCUT2D eigenvalue weighted by molar-refractivity contribution is 0.0784. The van der Waals surface area contributed by atoms with Crippen LogP contribution in [0, 0.1) is 11.8 Å². The molecule has 0 radical (unpaired) electrons. The van der Waals surface area contributed by atoms with E-state index in [1.165, 1.54) is 6.07 Å². The minimum Gasteiger partial charge on any atom is -0.507 e. The second kappa shape index (κ2) is 4.69. The summed E-state index contributed by atoms with van der Waals surface area (Å²) >= 11 is 3.21. The summed E-state index contributed by atoms with van der Waals surface area (Å²) in [5.41, 5.74) is 0.548. The van der Waals surface area contributed by atoms with Gasteiger partial charge in [-0.2, -0.15) is 0 Å². The molecular weight excluding hydrogens is 282 g/mol. The molecule has 1 amide bonds. The lowest BCUT2D eigenvalue weighted by atomic mass is 10.0. The predicted molar refractivity (Wildman–Crippen MR) is 70.0 cm³/mol. The highest BCUT2D eigenvalue weighted by Crippen LogP contribution is 2.27. The molecule has 1 saturated heterocycles. The van der Waals surface area contributed by atoms with Crippen LogP contribution in [0.3, 0.4) is 0 Å². The molecule has 1 aromatic rings. The number of phenols is 1. The number of likely N-dealkylation sites (tertiary alicyclic amines) is 1. The lowest BCUT2D eigenvalue weighted by Gasteiger charge is -2.16. The van der Waals surface area contributed by atoms with E-state index in [0.29, 0.717) is 21.9 Å². The third kappa shape index (κ3) is 2.46. The molecule has 1 aromatic carbocycles. The van der Waals surface area contributed by atoms with Gasteiger partial charge < -0.3 is 10.0 Å². The average Bonchev–Trinajstić information content (AvgIpc) is 2.62. The molecule has 0 saturated carbocycles. The van der Waals surface area contributed by atoms with Crippen LogP contribution in [0.2, 0.25) is 0 Å². The molecule has 17 heavy (non-hydrogen) atoms. The number of hydrogen-bond donors (Lipinski definition) is 1. The van der Waals surface area contributed by atoms with E-state index in [-0.39, 0.29) is 11.7 Å². The number of aromatic hydroxyl groups is 1. The molecule has 0 aliphatic carbocycles. The third-order valence-corrected chi connectivity index (χ3v) is 4.14. The normalized spacial score (nSPS) is 24.1. The van der Waals surface area contributed by atoms with Gasteiger partial charge in [0.15, 0.2) is 0 Å². The van der Waals surface area contributed by atoms with Gasteiger partial charge in [0.05, 0.1) is 4.47 Å². The molecule has 1 aliphatic heterocycles. The van der Waals surface area contributed by atoms with Crippen LogP contribution in [0.15, 0.2) is 22.7 Å². The molecule has 2 atom stereocenters. The number of nitrogens with zero attached hydrogens (tertiary/aromatic N) is 1. The van der Waals surface area contributed by atoms with E-state index in [1.807, 2.05) is 4.90 Å². The van der Waals surface area contributed by atoms with Gasteiger partial charge in [-0.25, -0.2) is 0 Å². The number of phenolic OH excluding ortho intramolecular Hbond substituents is 1. The van der Waals surface area contributed by atoms with E-state index in [4.69, 9.17) is 0 Å². The van der Waals surface area contributed by atoms with Gasteiger partial charge in [0, 0.05) is 18.7 Å². The number of carbonyl (C=O) groups is 1. The number of halogens is 1. The zero-order valence-electron chi connectivity index (χ0n) is 9.98. The van der Waals surface area contributed by atoms with E-state index < -0.39 is 0 Å². The summed E-state index contributed by atoms with van der Waals surface area (Å²) in [6.07, 6.45) is 0. The highest BCUT2D eigenvalue weighted by atomic mass is 79.9. The molecule has 92 valence electrons. The van der Waals surface area contributed by atoms with Crippen molar-refractivity contribution in [1.29, 1.82) is 0 Å². The monoisotopic (exact) mass is 297 g/mol. The quantitative estimate of drug-likeness (QED) is 0.866. The fourth-order valence-electron chi connectivity index (χ4n) is 2.12. The van der Waals surface area contributed by atoms with Crippen LogP contribution in [0.5, 0.6) is 5.75 Å². The SMILES string of the molecule is CC1CN(C(=O)c2ccc(Br)c(O)c2)CC1C. The maximum atomic E-state index is 12.2. The molecule has 4 heteroatoms. The highest BCUT2D eigenvalue weighted by molar-refractivity contribution is 9.10. The molecule has 1 aliphatic rings. The molecule has 0 aromatic heterocycles. The summed E-state index contributed by atoms with van der Waals surface area (Å²) in [4.78, 5) is 14.1. The summed E-state index contributed by atoms with van der Waals surface area (Å²) in [7, 11) is 0. The van der Waals surface area contributed by atoms with Crippen molar-refractivity contribution < 1.29 is 9.90 Å². The third-order valence-electron chi connectivity index (χ3n) is 3.47. The van der Waals surface area contributed by atoms with Gasteiger partial charge in [0.2, 0.25) is 0 Å². The van der Waals surface area contributed by atoms with Gasteiger partial charge in [-0.1, -0.05) is 13.8 Å². The molecule has 0 bridgehead atoms. The van der Waals surface area contributed by atoms with Crippen LogP contribution in [-0.4, -0.2) is 29.0 Å². The van der Waals surface area contributed by atoms with E-state index >= 15 is 0 Å². The van der Waals surface area contributed by atoms with Crippen LogP contribution in [-0.2, 0) is 0 Å². The Morgan fingerprint density at radius 2 is 1.94 bits per heavy atom. The Morgan fingerprint density at radius 1 is 1.35 bits per heavy atom.